The van der Waals surface area contributed by atoms with Crippen molar-refractivity contribution in [2.75, 3.05) is 26.9 Å². The monoisotopic (exact) mass is 610 g/mol. The second-order valence-electron chi connectivity index (χ2n) is 10.1. The fraction of sp³-hybridized carbons (Fsp3) is 0.444. The van der Waals surface area contributed by atoms with E-state index < -0.39 is 96.6 Å². The third-order valence-corrected chi connectivity index (χ3v) is 7.29. The first-order chi connectivity index (χ1) is 20.4. The highest BCUT2D eigenvalue weighted by Crippen LogP contribution is 2.40. The molecule has 0 spiro atoms. The number of aliphatic hydroxyl groups excluding tert-OH is 5. The van der Waals surface area contributed by atoms with Crippen LogP contribution in [-0.2, 0) is 14.2 Å². The van der Waals surface area contributed by atoms with Gasteiger partial charge in [-0.3, -0.25) is 4.79 Å². The second kappa shape index (κ2) is 11.8. The molecule has 16 nitrogen and oxygen atoms in total. The van der Waals surface area contributed by atoms with Gasteiger partial charge in [0.1, 0.15) is 52.5 Å². The Bertz CT molecular complexity index is 1540. The minimum atomic E-state index is -2.11. The molecule has 2 aliphatic heterocycles. The summed E-state index contributed by atoms with van der Waals surface area (Å²) in [5.74, 6) is -2.34. The Morgan fingerprint density at radius 1 is 1.00 bits per heavy atom. The topological polar surface area (TPSA) is 258 Å². The van der Waals surface area contributed by atoms with E-state index >= 15 is 0 Å². The van der Waals surface area contributed by atoms with Gasteiger partial charge in [-0.25, -0.2) is 0 Å². The first-order valence-electron chi connectivity index (χ1n) is 12.9. The van der Waals surface area contributed by atoms with E-state index in [1.807, 2.05) is 0 Å². The van der Waals surface area contributed by atoms with Gasteiger partial charge in [0.05, 0.1) is 26.9 Å². The Kier molecular flexibility index (Phi) is 8.41. The van der Waals surface area contributed by atoms with Crippen LogP contribution in [0.2, 0.25) is 0 Å². The Balaban J connectivity index is 1.63. The molecule has 43 heavy (non-hydrogen) atoms. The molecule has 234 valence electrons. The molecule has 2 fully saturated rings. The molecule has 2 aromatic carbocycles. The Morgan fingerprint density at radius 3 is 2.40 bits per heavy atom. The maximum atomic E-state index is 13.8. The maximum absolute atomic E-state index is 13.8. The van der Waals surface area contributed by atoms with Gasteiger partial charge in [-0.15, -0.1) is 0 Å². The van der Waals surface area contributed by atoms with Crippen molar-refractivity contribution in [2.45, 2.75) is 48.7 Å². The molecule has 0 amide bonds. The molecule has 8 atom stereocenters. The zero-order valence-electron chi connectivity index (χ0n) is 22.4. The molecule has 16 heteroatoms. The molecule has 0 aliphatic carbocycles. The van der Waals surface area contributed by atoms with Crippen molar-refractivity contribution in [1.29, 1.82) is 0 Å². The number of rotatable bonds is 8. The predicted molar refractivity (Wildman–Crippen MR) is 141 cm³/mol. The van der Waals surface area contributed by atoms with Gasteiger partial charge in [-0.1, -0.05) is 0 Å². The van der Waals surface area contributed by atoms with Crippen molar-refractivity contribution in [3.8, 4) is 40.1 Å². The van der Waals surface area contributed by atoms with Crippen molar-refractivity contribution >= 4 is 11.0 Å². The van der Waals surface area contributed by atoms with Crippen LogP contribution in [0.15, 0.2) is 39.5 Å². The molecule has 3 aromatic rings. The summed E-state index contributed by atoms with van der Waals surface area (Å²) in [4.78, 5) is 13.8. The molecular formula is C27H30O16. The predicted octanol–water partition coefficient (Wildman–Crippen LogP) is -1.77. The minimum absolute atomic E-state index is 0.0253. The van der Waals surface area contributed by atoms with Crippen LogP contribution in [0.25, 0.3) is 22.3 Å². The molecule has 2 saturated heterocycles. The first-order valence-corrected chi connectivity index (χ1v) is 12.9. The van der Waals surface area contributed by atoms with E-state index in [9.17, 15) is 50.8 Å². The molecule has 3 heterocycles. The van der Waals surface area contributed by atoms with Crippen LogP contribution in [0.5, 0.6) is 28.7 Å². The molecule has 0 saturated carbocycles. The van der Waals surface area contributed by atoms with Gasteiger partial charge in [-0.05, 0) is 18.2 Å². The number of ether oxygens (including phenoxy) is 5. The van der Waals surface area contributed by atoms with E-state index in [0.29, 0.717) is 0 Å². The van der Waals surface area contributed by atoms with Crippen molar-refractivity contribution in [3.05, 3.63) is 40.6 Å². The van der Waals surface area contributed by atoms with E-state index in [0.717, 1.165) is 12.1 Å². The lowest BCUT2D eigenvalue weighted by Gasteiger charge is -2.42. The highest BCUT2D eigenvalue weighted by molar-refractivity contribution is 5.88. The van der Waals surface area contributed by atoms with E-state index in [-0.39, 0.29) is 28.4 Å². The van der Waals surface area contributed by atoms with E-state index in [1.165, 1.54) is 25.3 Å². The molecule has 2 aliphatic rings. The number of benzene rings is 2. The number of aromatic hydroxyl groups is 3. The summed E-state index contributed by atoms with van der Waals surface area (Å²) in [7, 11) is 1.28. The number of methoxy groups -OCH3 is 1. The number of aliphatic hydroxyl groups is 6. The lowest BCUT2D eigenvalue weighted by Crippen LogP contribution is -2.62. The standard InChI is InChI=1S/C27H30O16/c1-38-14-4-10(2-3-12(14)31)21-22(19(34)17-13(32)5-11(30)6-15(17)40-21)42-25-23(20(35)18(33)16(7-28)41-25)43-26-24(36)27(37,8-29)9-39-26/h2-6,16,18,20,23-26,28-33,35-37H,7-9H2,1H3. The van der Waals surface area contributed by atoms with Crippen LogP contribution < -0.4 is 14.9 Å². The van der Waals surface area contributed by atoms with Crippen LogP contribution in [0.3, 0.4) is 0 Å². The molecule has 1 aromatic heterocycles. The summed E-state index contributed by atoms with van der Waals surface area (Å²) in [5, 5.41) is 91.6. The largest absolute Gasteiger partial charge is 0.508 e. The van der Waals surface area contributed by atoms with Crippen LogP contribution in [-0.4, -0.2) is 122 Å². The third-order valence-electron chi connectivity index (χ3n) is 7.29. The fourth-order valence-electron chi connectivity index (χ4n) is 4.86. The Labute approximate surface area is 241 Å². The lowest BCUT2D eigenvalue weighted by atomic mass is 9.98. The van der Waals surface area contributed by atoms with Crippen LogP contribution in [0.1, 0.15) is 0 Å². The molecule has 0 radical (unpaired) electrons. The highest BCUT2D eigenvalue weighted by Gasteiger charge is 2.53. The number of phenols is 3. The van der Waals surface area contributed by atoms with Gasteiger partial charge in [0.2, 0.25) is 17.5 Å². The van der Waals surface area contributed by atoms with Gasteiger partial charge < -0.3 is 74.1 Å². The summed E-state index contributed by atoms with van der Waals surface area (Å²) in [6.45, 7) is -2.27. The molecule has 8 unspecified atom stereocenters. The van der Waals surface area contributed by atoms with Crippen molar-refractivity contribution in [1.82, 2.24) is 0 Å². The molecule has 9 N–H and O–H groups in total. The van der Waals surface area contributed by atoms with Crippen molar-refractivity contribution < 1.29 is 74.1 Å². The zero-order valence-corrected chi connectivity index (χ0v) is 22.4. The van der Waals surface area contributed by atoms with Gasteiger partial charge in [0, 0.05) is 17.7 Å². The quantitative estimate of drug-likeness (QED) is 0.137. The molecule has 0 bridgehead atoms. The van der Waals surface area contributed by atoms with Crippen LogP contribution in [0, 0.1) is 0 Å². The summed E-state index contributed by atoms with van der Waals surface area (Å²) in [6.07, 6.45) is -12.2. The van der Waals surface area contributed by atoms with Gasteiger partial charge >= 0.3 is 0 Å². The molecular weight excluding hydrogens is 580 g/mol. The summed E-state index contributed by atoms with van der Waals surface area (Å²) >= 11 is 0. The van der Waals surface area contributed by atoms with E-state index in [4.69, 9.17) is 28.1 Å². The highest BCUT2D eigenvalue weighted by atomic mass is 16.8. The number of fused-ring (bicyclic) bond motifs is 1. The van der Waals surface area contributed by atoms with Gasteiger partial charge in [0.25, 0.3) is 0 Å². The smallest absolute Gasteiger partial charge is 0.239 e. The molecule has 5 rings (SSSR count). The van der Waals surface area contributed by atoms with Crippen LogP contribution in [0.4, 0.5) is 0 Å². The summed E-state index contributed by atoms with van der Waals surface area (Å²) in [6, 6.07) is 5.80. The first kappa shape index (κ1) is 30.7. The van der Waals surface area contributed by atoms with E-state index in [2.05, 4.69) is 0 Å². The number of hydrogen-bond donors (Lipinski definition) is 9. The van der Waals surface area contributed by atoms with Crippen molar-refractivity contribution in [2.24, 2.45) is 0 Å². The van der Waals surface area contributed by atoms with Gasteiger partial charge in [0.15, 0.2) is 29.7 Å². The lowest BCUT2D eigenvalue weighted by molar-refractivity contribution is -0.319. The summed E-state index contributed by atoms with van der Waals surface area (Å²) in [5.41, 5.74) is -3.26. The Morgan fingerprint density at radius 2 is 1.74 bits per heavy atom. The van der Waals surface area contributed by atoms with Crippen LogP contribution >= 0.6 is 0 Å². The van der Waals surface area contributed by atoms with Gasteiger partial charge in [-0.2, -0.15) is 0 Å². The fourth-order valence-corrected chi connectivity index (χ4v) is 4.86. The second-order valence-corrected chi connectivity index (χ2v) is 10.1. The third kappa shape index (κ3) is 5.44. The average molecular weight is 611 g/mol. The zero-order chi connectivity index (χ0) is 31.2. The Hall–Kier alpha value is -3.71. The summed E-state index contributed by atoms with van der Waals surface area (Å²) < 4.78 is 33.4. The van der Waals surface area contributed by atoms with Crippen molar-refractivity contribution in [3.63, 3.8) is 0 Å². The number of hydrogen-bond acceptors (Lipinski definition) is 16. The normalized spacial score (nSPS) is 30.9. The maximum Gasteiger partial charge on any atom is 0.239 e. The van der Waals surface area contributed by atoms with E-state index in [1.54, 1.807) is 0 Å². The minimum Gasteiger partial charge on any atom is -0.508 e. The average Bonchev–Trinajstić information content (AvgIpc) is 3.26. The SMILES string of the molecule is COc1cc(-c2oc3cc(O)cc(O)c3c(=O)c2OC2OC(CO)C(O)C(O)C2OC2OCC(O)(CO)C2O)ccc1O. The number of phenolic OH excluding ortho intramolecular Hbond substituents is 3.